The van der Waals surface area contributed by atoms with Crippen LogP contribution in [0.2, 0.25) is 0 Å². The molecule has 146 valence electrons. The summed E-state index contributed by atoms with van der Waals surface area (Å²) in [5.74, 6) is 1.75. The van der Waals surface area contributed by atoms with Crippen LogP contribution in [0.15, 0.2) is 78.9 Å². The lowest BCUT2D eigenvalue weighted by atomic mass is 9.87. The minimum Gasteiger partial charge on any atom is -0.492 e. The van der Waals surface area contributed by atoms with Gasteiger partial charge in [0.2, 0.25) is 0 Å². The van der Waals surface area contributed by atoms with Gasteiger partial charge in [-0.05, 0) is 40.8 Å². The summed E-state index contributed by atoms with van der Waals surface area (Å²) in [6.45, 7) is 8.53. The van der Waals surface area contributed by atoms with Crippen LogP contribution in [0.1, 0.15) is 31.9 Å². The Labute approximate surface area is 168 Å². The van der Waals surface area contributed by atoms with E-state index in [-0.39, 0.29) is 5.41 Å². The molecule has 0 aliphatic rings. The van der Waals surface area contributed by atoms with E-state index in [1.165, 1.54) is 5.56 Å². The summed E-state index contributed by atoms with van der Waals surface area (Å²) < 4.78 is 11.7. The zero-order valence-corrected chi connectivity index (χ0v) is 16.9. The second kappa shape index (κ2) is 9.32. The molecule has 0 aliphatic carbocycles. The molecule has 0 unspecified atom stereocenters. The molecule has 0 atom stereocenters. The molecule has 1 N–H and O–H groups in total. The Morgan fingerprint density at radius 1 is 0.750 bits per heavy atom. The largest absolute Gasteiger partial charge is 0.492 e. The van der Waals surface area contributed by atoms with E-state index in [9.17, 15) is 0 Å². The summed E-state index contributed by atoms with van der Waals surface area (Å²) in [4.78, 5) is 0. The first-order valence-corrected chi connectivity index (χ1v) is 9.75. The zero-order valence-electron chi connectivity index (χ0n) is 16.9. The predicted octanol–water partition coefficient (Wildman–Crippen LogP) is 6.05. The maximum absolute atomic E-state index is 5.88. The zero-order chi connectivity index (χ0) is 19.8. The summed E-state index contributed by atoms with van der Waals surface area (Å²) in [5, 5.41) is 3.38. The standard InChI is InChI=1S/C25H29NO2/c1-25(2,3)21-12-14-23(15-13-21)27-17-16-26-22-10-7-11-24(18-22)28-19-20-8-5-4-6-9-20/h4-15,18,26H,16-17,19H2,1-3H3. The van der Waals surface area contributed by atoms with E-state index in [1.54, 1.807) is 0 Å². The van der Waals surface area contributed by atoms with Crippen LogP contribution in [0.25, 0.3) is 0 Å². The molecule has 0 saturated heterocycles. The third-order valence-corrected chi connectivity index (χ3v) is 4.50. The smallest absolute Gasteiger partial charge is 0.121 e. The van der Waals surface area contributed by atoms with Crippen molar-refractivity contribution in [2.75, 3.05) is 18.5 Å². The lowest BCUT2D eigenvalue weighted by Gasteiger charge is -2.19. The van der Waals surface area contributed by atoms with E-state index in [4.69, 9.17) is 9.47 Å². The monoisotopic (exact) mass is 375 g/mol. The Balaban J connectivity index is 1.43. The van der Waals surface area contributed by atoms with E-state index in [0.717, 1.165) is 29.3 Å². The summed E-state index contributed by atoms with van der Waals surface area (Å²) in [5.41, 5.74) is 3.66. The van der Waals surface area contributed by atoms with Crippen LogP contribution in [0.5, 0.6) is 11.5 Å². The number of hydrogen-bond acceptors (Lipinski definition) is 3. The summed E-state index contributed by atoms with van der Waals surface area (Å²) in [6.07, 6.45) is 0. The van der Waals surface area contributed by atoms with Crippen molar-refractivity contribution in [3.8, 4) is 11.5 Å². The highest BCUT2D eigenvalue weighted by atomic mass is 16.5. The molecule has 0 heterocycles. The number of rotatable bonds is 8. The molecule has 0 saturated carbocycles. The Kier molecular flexibility index (Phi) is 6.59. The maximum atomic E-state index is 5.88. The van der Waals surface area contributed by atoms with E-state index in [0.29, 0.717) is 13.2 Å². The van der Waals surface area contributed by atoms with Gasteiger partial charge in [-0.1, -0.05) is 69.3 Å². The first kappa shape index (κ1) is 19.8. The lowest BCUT2D eigenvalue weighted by molar-refractivity contribution is 0.306. The van der Waals surface area contributed by atoms with E-state index >= 15 is 0 Å². The number of ether oxygens (including phenoxy) is 2. The molecule has 0 spiro atoms. The van der Waals surface area contributed by atoms with Gasteiger partial charge in [-0.15, -0.1) is 0 Å². The molecular weight excluding hydrogens is 346 g/mol. The number of anilines is 1. The van der Waals surface area contributed by atoms with Crippen LogP contribution in [0, 0.1) is 0 Å². The van der Waals surface area contributed by atoms with Crippen molar-refractivity contribution in [2.45, 2.75) is 32.8 Å². The van der Waals surface area contributed by atoms with E-state index in [1.807, 2.05) is 54.6 Å². The number of nitrogens with one attached hydrogen (secondary N) is 1. The van der Waals surface area contributed by atoms with Crippen LogP contribution in [-0.2, 0) is 12.0 Å². The minimum absolute atomic E-state index is 0.160. The van der Waals surface area contributed by atoms with Crippen molar-refractivity contribution < 1.29 is 9.47 Å². The second-order valence-corrected chi connectivity index (χ2v) is 7.85. The lowest BCUT2D eigenvalue weighted by Crippen LogP contribution is -2.12. The Morgan fingerprint density at radius 2 is 1.50 bits per heavy atom. The van der Waals surface area contributed by atoms with Crippen molar-refractivity contribution in [2.24, 2.45) is 0 Å². The average Bonchev–Trinajstić information content (AvgIpc) is 2.70. The highest BCUT2D eigenvalue weighted by Gasteiger charge is 2.12. The molecular formula is C25H29NO2. The van der Waals surface area contributed by atoms with Crippen molar-refractivity contribution in [1.29, 1.82) is 0 Å². The van der Waals surface area contributed by atoms with Crippen LogP contribution >= 0.6 is 0 Å². The van der Waals surface area contributed by atoms with Crippen LogP contribution in [0.4, 0.5) is 5.69 Å². The fourth-order valence-corrected chi connectivity index (χ4v) is 2.85. The van der Waals surface area contributed by atoms with Crippen LogP contribution in [-0.4, -0.2) is 13.2 Å². The SMILES string of the molecule is CC(C)(C)c1ccc(OCCNc2cccc(OCc3ccccc3)c2)cc1. The molecule has 3 aromatic carbocycles. The van der Waals surface area contributed by atoms with Gasteiger partial charge in [-0.3, -0.25) is 0 Å². The molecule has 28 heavy (non-hydrogen) atoms. The summed E-state index contributed by atoms with van der Waals surface area (Å²) in [7, 11) is 0. The van der Waals surface area contributed by atoms with Gasteiger partial charge in [0.25, 0.3) is 0 Å². The van der Waals surface area contributed by atoms with Gasteiger partial charge in [0.05, 0.1) is 0 Å². The molecule has 0 aliphatic heterocycles. The van der Waals surface area contributed by atoms with Gasteiger partial charge in [0.1, 0.15) is 24.7 Å². The van der Waals surface area contributed by atoms with Crippen LogP contribution < -0.4 is 14.8 Å². The fourth-order valence-electron chi connectivity index (χ4n) is 2.85. The van der Waals surface area contributed by atoms with Gasteiger partial charge >= 0.3 is 0 Å². The number of hydrogen-bond donors (Lipinski definition) is 1. The fraction of sp³-hybridized carbons (Fsp3) is 0.280. The molecule has 0 amide bonds. The molecule has 3 aromatic rings. The van der Waals surface area contributed by atoms with Crippen molar-refractivity contribution >= 4 is 5.69 Å². The second-order valence-electron chi connectivity index (χ2n) is 7.85. The van der Waals surface area contributed by atoms with Gasteiger partial charge in [-0.25, -0.2) is 0 Å². The predicted molar refractivity (Wildman–Crippen MR) is 116 cm³/mol. The highest BCUT2D eigenvalue weighted by Crippen LogP contribution is 2.24. The quantitative estimate of drug-likeness (QED) is 0.486. The highest BCUT2D eigenvalue weighted by molar-refractivity contribution is 5.48. The Morgan fingerprint density at radius 3 is 2.21 bits per heavy atom. The Bertz CT molecular complexity index is 852. The average molecular weight is 376 g/mol. The summed E-state index contributed by atoms with van der Waals surface area (Å²) >= 11 is 0. The topological polar surface area (TPSA) is 30.5 Å². The summed E-state index contributed by atoms with van der Waals surface area (Å²) in [6, 6.07) is 26.5. The maximum Gasteiger partial charge on any atom is 0.121 e. The molecule has 3 nitrogen and oxygen atoms in total. The first-order valence-electron chi connectivity index (χ1n) is 9.75. The normalized spacial score (nSPS) is 11.1. The Hall–Kier alpha value is -2.94. The van der Waals surface area contributed by atoms with Gasteiger partial charge in [-0.2, -0.15) is 0 Å². The molecule has 0 radical (unpaired) electrons. The van der Waals surface area contributed by atoms with Crippen molar-refractivity contribution in [3.63, 3.8) is 0 Å². The van der Waals surface area contributed by atoms with E-state index < -0.39 is 0 Å². The number of benzene rings is 3. The molecule has 3 rings (SSSR count). The van der Waals surface area contributed by atoms with Gasteiger partial charge < -0.3 is 14.8 Å². The minimum atomic E-state index is 0.160. The van der Waals surface area contributed by atoms with Crippen molar-refractivity contribution in [1.82, 2.24) is 0 Å². The van der Waals surface area contributed by atoms with E-state index in [2.05, 4.69) is 50.4 Å². The molecule has 3 heteroatoms. The molecule has 0 bridgehead atoms. The van der Waals surface area contributed by atoms with Gasteiger partial charge in [0.15, 0.2) is 0 Å². The van der Waals surface area contributed by atoms with Crippen molar-refractivity contribution in [3.05, 3.63) is 90.0 Å². The third kappa shape index (κ3) is 6.05. The first-order chi connectivity index (χ1) is 13.5. The molecule has 0 fully saturated rings. The molecule has 0 aromatic heterocycles. The van der Waals surface area contributed by atoms with Gasteiger partial charge in [0, 0.05) is 18.3 Å². The third-order valence-electron chi connectivity index (χ3n) is 4.50. The van der Waals surface area contributed by atoms with Crippen LogP contribution in [0.3, 0.4) is 0 Å².